The fourth-order valence-corrected chi connectivity index (χ4v) is 7.93. The summed E-state index contributed by atoms with van der Waals surface area (Å²) in [6.07, 6.45) is 21.3. The van der Waals surface area contributed by atoms with E-state index in [1.807, 2.05) is 132 Å². The SMILES string of the molecule is CC(=N)N1CC(C)C(C)C1.CC1CCCC1C.CCC(C)(C)C(=O)NCCCN(C)C.CCC(C)C(=O)NCCCN(C)C.CCC(C)CN.CCC(C)CN=C(N)N.CCC(C)N.CCC(C)N=C(C)N.CCCCNC(=O)C(C)(C)CC.CCCCNC(=O)C(C)CC.CCCN(C)C(=N)N.CCCNC. The van der Waals surface area contributed by atoms with Gasteiger partial charge >= 0.3 is 0 Å². The van der Waals surface area contributed by atoms with Crippen molar-refractivity contribution in [2.45, 2.75) is 328 Å². The number of amides is 4. The second-order valence-electron chi connectivity index (χ2n) is 31.9. The number of nitrogens with one attached hydrogen (secondary N) is 7. The highest BCUT2D eigenvalue weighted by Crippen LogP contribution is 2.30. The summed E-state index contributed by atoms with van der Waals surface area (Å²) in [7, 11) is 11.9. The zero-order valence-electron chi connectivity index (χ0n) is 78.0. The molecule has 10 atom stereocenters. The molecular formula is C85H193N19O4. The Kier molecular flexibility index (Phi) is 97.2. The van der Waals surface area contributed by atoms with Gasteiger partial charge in [0.25, 0.3) is 0 Å². The van der Waals surface area contributed by atoms with Crippen molar-refractivity contribution in [3.63, 3.8) is 0 Å². The largest absolute Gasteiger partial charge is 0.388 e. The summed E-state index contributed by atoms with van der Waals surface area (Å²) in [5.74, 6) is 7.64. The van der Waals surface area contributed by atoms with E-state index >= 15 is 0 Å². The minimum absolute atomic E-state index is 0.145. The number of guanidine groups is 2. The van der Waals surface area contributed by atoms with Crippen molar-refractivity contribution in [1.29, 1.82) is 10.8 Å². The summed E-state index contributed by atoms with van der Waals surface area (Å²) in [5.41, 5.74) is 30.8. The molecule has 1 saturated heterocycles. The van der Waals surface area contributed by atoms with Crippen molar-refractivity contribution in [3.8, 4) is 0 Å². The normalized spacial score (nSPS) is 16.2. The third-order valence-corrected chi connectivity index (χ3v) is 19.2. The van der Waals surface area contributed by atoms with E-state index in [9.17, 15) is 19.2 Å². The van der Waals surface area contributed by atoms with Gasteiger partial charge in [-0.3, -0.25) is 40.0 Å². The first-order chi connectivity index (χ1) is 50.1. The number of unbranched alkanes of at least 4 members (excludes halogenated alkanes) is 2. The van der Waals surface area contributed by atoms with Crippen LogP contribution in [0, 0.1) is 69.0 Å². The molecule has 10 unspecified atom stereocenters. The maximum Gasteiger partial charge on any atom is 0.225 e. The van der Waals surface area contributed by atoms with Gasteiger partial charge in [-0.25, -0.2) is 0 Å². The van der Waals surface area contributed by atoms with E-state index in [1.54, 1.807) is 4.90 Å². The Labute approximate surface area is 671 Å². The van der Waals surface area contributed by atoms with Crippen LogP contribution in [-0.4, -0.2) is 200 Å². The molecule has 108 heavy (non-hydrogen) atoms. The highest BCUT2D eigenvalue weighted by molar-refractivity contribution is 5.82. The number of carbonyl (C=O) groups excluding carboxylic acids is 4. The quantitative estimate of drug-likeness (QED) is 0.0162. The molecule has 19 N–H and O–H groups in total. The van der Waals surface area contributed by atoms with E-state index in [2.05, 4.69) is 155 Å². The van der Waals surface area contributed by atoms with Gasteiger partial charge in [0, 0.05) is 94.2 Å². The highest BCUT2D eigenvalue weighted by Gasteiger charge is 2.27. The number of aliphatic imine (C=N–C) groups is 2. The van der Waals surface area contributed by atoms with Crippen LogP contribution in [-0.2, 0) is 19.2 Å². The minimum atomic E-state index is -0.224. The van der Waals surface area contributed by atoms with Crippen LogP contribution >= 0.6 is 0 Å². The minimum Gasteiger partial charge on any atom is -0.388 e. The fraction of sp³-hybridized carbons (Fsp3) is 0.906. The molecule has 1 saturated carbocycles. The molecule has 4 amide bonds. The lowest BCUT2D eigenvalue weighted by atomic mass is 9.89. The van der Waals surface area contributed by atoms with Crippen LogP contribution in [0.25, 0.3) is 0 Å². The Morgan fingerprint density at radius 3 is 1.08 bits per heavy atom. The van der Waals surface area contributed by atoms with E-state index in [0.29, 0.717) is 29.8 Å². The van der Waals surface area contributed by atoms with Crippen molar-refractivity contribution in [3.05, 3.63) is 0 Å². The molecular weight excluding hydrogens is 1350 g/mol. The van der Waals surface area contributed by atoms with Crippen LogP contribution in [0.4, 0.5) is 0 Å². The third-order valence-electron chi connectivity index (χ3n) is 19.2. The predicted octanol–water partition coefficient (Wildman–Crippen LogP) is 14.9. The molecule has 23 heteroatoms. The Morgan fingerprint density at radius 1 is 0.519 bits per heavy atom. The third kappa shape index (κ3) is 95.4. The maximum atomic E-state index is 11.6. The monoisotopic (exact) mass is 1540 g/mol. The lowest BCUT2D eigenvalue weighted by molar-refractivity contribution is -0.130. The number of carbonyl (C=O) groups is 4. The molecule has 1 heterocycles. The molecule has 0 aromatic rings. The van der Waals surface area contributed by atoms with Gasteiger partial charge < -0.3 is 80.6 Å². The van der Waals surface area contributed by atoms with Crippen molar-refractivity contribution in [1.82, 2.24) is 46.2 Å². The van der Waals surface area contributed by atoms with Crippen molar-refractivity contribution >= 4 is 47.2 Å². The molecule has 1 aliphatic heterocycles. The molecule has 0 aromatic carbocycles. The van der Waals surface area contributed by atoms with Crippen LogP contribution in [0.15, 0.2) is 9.98 Å². The fourth-order valence-electron chi connectivity index (χ4n) is 7.93. The highest BCUT2D eigenvalue weighted by atomic mass is 16.2. The number of hydrogen-bond acceptors (Lipinski definition) is 13. The van der Waals surface area contributed by atoms with Crippen LogP contribution in [0.3, 0.4) is 0 Å². The van der Waals surface area contributed by atoms with Crippen molar-refractivity contribution in [2.24, 2.45) is 103 Å². The van der Waals surface area contributed by atoms with Crippen molar-refractivity contribution < 1.29 is 19.2 Å². The van der Waals surface area contributed by atoms with E-state index in [0.717, 1.165) is 198 Å². The summed E-state index contributed by atoms with van der Waals surface area (Å²) in [6, 6.07) is 0.773. The second kappa shape index (κ2) is 84.6. The van der Waals surface area contributed by atoms with Gasteiger partial charge in [-0.1, -0.05) is 211 Å². The van der Waals surface area contributed by atoms with E-state index in [-0.39, 0.29) is 58.2 Å². The summed E-state index contributed by atoms with van der Waals surface area (Å²) in [6.45, 7) is 69.1. The van der Waals surface area contributed by atoms with Crippen LogP contribution in [0.2, 0.25) is 0 Å². The standard InChI is InChI=1S/C11H24N2O.C10H22N2O.C10H21NO.C9H19NO.C8H16N2.C7H14.C6H15N3.C6H14N2.C5H13N3.C5H13N.2C4H11N/c1-6-11(2,3)10(14)12-8-7-9-13(4)5;1-5-9(2)10(13)11-7-6-8-12(3)4;1-5-7-8-11-9(12)10(3,4)6-2;1-4-6-7-10-9(11)8(3)5-2;1-6-4-10(8(3)9)5-7(6)2;1-6-4-3-5-7(6)2;1-3-5(2)4-9-6(7)8;1-4-5(2)8-6(3)7;1-3-4-8(2)5(6)7;1-3-5(2)4-6;1-3-4-5-2;1-3-4(2)5/h6-9H2,1-5H3,(H,12,14);9H,5-8H2,1-4H3,(H,11,13);5-8H2,1-4H3,(H,11,12);8H,4-7H2,1-3H3,(H,10,11);6-7,9H,4-5H2,1-3H3;6-7H,3-5H2,1-2H3;5H,3-4H2,1-2H3,(H4,7,8,9);5H,4H2,1-3H3,(H2,7,8);3-4H2,1-2H3,(H3,6,7);5H,3-4,6H2,1-2H3;5H,3-4H2,1-2H3;4H,3,5H2,1-2H3. The average molecular weight is 1550 g/mol. The smallest absolute Gasteiger partial charge is 0.225 e. The van der Waals surface area contributed by atoms with E-state index in [4.69, 9.17) is 45.2 Å². The number of likely N-dealkylation sites (tertiary alicyclic amines) is 1. The molecule has 652 valence electrons. The molecule has 2 fully saturated rings. The average Bonchev–Trinajstić information content (AvgIpc) is 1.66. The number of hydrogen-bond donors (Lipinski definition) is 13. The van der Waals surface area contributed by atoms with Gasteiger partial charge in [-0.15, -0.1) is 0 Å². The first-order valence-corrected chi connectivity index (χ1v) is 42.4. The Bertz CT molecular complexity index is 2040. The first kappa shape index (κ1) is 124. The summed E-state index contributed by atoms with van der Waals surface area (Å²) in [4.78, 5) is 61.6. The second-order valence-corrected chi connectivity index (χ2v) is 31.9. The number of nitrogens with zero attached hydrogens (tertiary/aromatic N) is 6. The van der Waals surface area contributed by atoms with E-state index in [1.165, 1.54) is 32.1 Å². The van der Waals surface area contributed by atoms with Gasteiger partial charge in [0.05, 0.1) is 11.7 Å². The Hall–Kier alpha value is -4.84. The lowest BCUT2D eigenvalue weighted by Crippen LogP contribution is -2.37. The van der Waals surface area contributed by atoms with E-state index < -0.39 is 0 Å². The maximum absolute atomic E-state index is 11.6. The topological polar surface area (TPSA) is 370 Å². The van der Waals surface area contributed by atoms with Crippen LogP contribution < -0.4 is 61.0 Å². The summed E-state index contributed by atoms with van der Waals surface area (Å²) in [5, 5.41) is 29.0. The number of amidine groups is 2. The predicted molar refractivity (Wildman–Crippen MR) is 479 cm³/mol. The molecule has 0 aromatic heterocycles. The van der Waals surface area contributed by atoms with Gasteiger partial charge in [0.15, 0.2) is 11.9 Å². The van der Waals surface area contributed by atoms with Crippen LogP contribution in [0.1, 0.15) is 316 Å². The number of nitrogens with two attached hydrogens (primary N) is 6. The number of rotatable bonds is 34. The molecule has 1 aliphatic carbocycles. The summed E-state index contributed by atoms with van der Waals surface area (Å²) >= 11 is 0. The van der Waals surface area contributed by atoms with Crippen molar-refractivity contribution in [2.75, 3.05) is 121 Å². The van der Waals surface area contributed by atoms with Crippen LogP contribution in [0.5, 0.6) is 0 Å². The zero-order valence-corrected chi connectivity index (χ0v) is 78.0. The molecule has 2 rings (SSSR count). The molecule has 0 spiro atoms. The Morgan fingerprint density at radius 2 is 0.889 bits per heavy atom. The zero-order chi connectivity index (χ0) is 86.6. The lowest BCUT2D eigenvalue weighted by Gasteiger charge is -2.21. The van der Waals surface area contributed by atoms with Gasteiger partial charge in [0.1, 0.15) is 0 Å². The molecule has 2 aliphatic rings. The van der Waals surface area contributed by atoms with Gasteiger partial charge in [-0.05, 0) is 202 Å². The first-order valence-electron chi connectivity index (χ1n) is 42.4. The summed E-state index contributed by atoms with van der Waals surface area (Å²) < 4.78 is 0. The van der Waals surface area contributed by atoms with Gasteiger partial charge in [0.2, 0.25) is 23.6 Å². The Balaban J connectivity index is -0.000000123. The molecule has 0 bridgehead atoms. The molecule has 23 nitrogen and oxygen atoms in total. The molecule has 0 radical (unpaired) electrons. The van der Waals surface area contributed by atoms with Gasteiger partial charge in [-0.2, -0.15) is 0 Å².